The molecular formula is C12H17NO2. The molecule has 0 saturated carbocycles. The second-order valence-electron chi connectivity index (χ2n) is 3.82. The van der Waals surface area contributed by atoms with Gasteiger partial charge in [-0.3, -0.25) is 4.79 Å². The Balaban J connectivity index is 2.44. The third-order valence-corrected chi connectivity index (χ3v) is 2.04. The van der Waals surface area contributed by atoms with Gasteiger partial charge in [0.2, 0.25) is 5.91 Å². The number of amides is 1. The van der Waals surface area contributed by atoms with Crippen LogP contribution in [0, 0.1) is 6.92 Å². The van der Waals surface area contributed by atoms with Crippen molar-refractivity contribution in [2.24, 2.45) is 0 Å². The molecule has 1 aromatic carbocycles. The monoisotopic (exact) mass is 207 g/mol. The SMILES string of the molecule is Cc1cccc(CC(=O)NC[C@H](C)O)c1. The van der Waals surface area contributed by atoms with Gasteiger partial charge in [0.05, 0.1) is 12.5 Å². The summed E-state index contributed by atoms with van der Waals surface area (Å²) < 4.78 is 0. The van der Waals surface area contributed by atoms with Crippen LogP contribution in [-0.2, 0) is 11.2 Å². The molecule has 0 heterocycles. The average Bonchev–Trinajstić information content (AvgIpc) is 2.15. The third kappa shape index (κ3) is 4.61. The first kappa shape index (κ1) is 11.7. The molecule has 0 fully saturated rings. The van der Waals surface area contributed by atoms with Crippen LogP contribution in [0.4, 0.5) is 0 Å². The summed E-state index contributed by atoms with van der Waals surface area (Å²) in [5, 5.41) is 11.7. The molecule has 2 N–H and O–H groups in total. The van der Waals surface area contributed by atoms with Crippen LogP contribution in [0.25, 0.3) is 0 Å². The predicted octanol–water partition coefficient (Wildman–Crippen LogP) is 1.03. The number of hydrogen-bond acceptors (Lipinski definition) is 2. The zero-order chi connectivity index (χ0) is 11.3. The molecule has 0 saturated heterocycles. The predicted molar refractivity (Wildman–Crippen MR) is 59.6 cm³/mol. The minimum atomic E-state index is -0.494. The van der Waals surface area contributed by atoms with E-state index in [0.717, 1.165) is 11.1 Å². The van der Waals surface area contributed by atoms with Gasteiger partial charge in [-0.2, -0.15) is 0 Å². The number of aryl methyl sites for hydroxylation is 1. The van der Waals surface area contributed by atoms with Crippen LogP contribution in [0.15, 0.2) is 24.3 Å². The van der Waals surface area contributed by atoms with E-state index < -0.39 is 6.10 Å². The first-order valence-corrected chi connectivity index (χ1v) is 5.08. The van der Waals surface area contributed by atoms with E-state index in [4.69, 9.17) is 5.11 Å². The summed E-state index contributed by atoms with van der Waals surface area (Å²) in [6, 6.07) is 7.85. The number of benzene rings is 1. The molecular weight excluding hydrogens is 190 g/mol. The van der Waals surface area contributed by atoms with Crippen molar-refractivity contribution in [3.8, 4) is 0 Å². The van der Waals surface area contributed by atoms with Crippen LogP contribution in [0.2, 0.25) is 0 Å². The highest BCUT2D eigenvalue weighted by Crippen LogP contribution is 2.04. The molecule has 0 aromatic heterocycles. The van der Waals surface area contributed by atoms with Crippen LogP contribution in [0.3, 0.4) is 0 Å². The van der Waals surface area contributed by atoms with Crippen molar-refractivity contribution >= 4 is 5.91 Å². The Bertz CT molecular complexity index is 334. The quantitative estimate of drug-likeness (QED) is 0.775. The molecule has 0 spiro atoms. The van der Waals surface area contributed by atoms with E-state index in [1.807, 2.05) is 31.2 Å². The standard InChI is InChI=1S/C12H17NO2/c1-9-4-3-5-11(6-9)7-12(15)13-8-10(2)14/h3-6,10,14H,7-8H2,1-2H3,(H,13,15)/t10-/m0/s1. The molecule has 82 valence electrons. The van der Waals surface area contributed by atoms with Crippen molar-refractivity contribution in [3.05, 3.63) is 35.4 Å². The Morgan fingerprint density at radius 3 is 2.87 bits per heavy atom. The molecule has 0 aliphatic rings. The highest BCUT2D eigenvalue weighted by atomic mass is 16.3. The second kappa shape index (κ2) is 5.51. The van der Waals surface area contributed by atoms with Gasteiger partial charge in [0.1, 0.15) is 0 Å². The summed E-state index contributed by atoms with van der Waals surface area (Å²) >= 11 is 0. The molecule has 0 radical (unpaired) electrons. The molecule has 1 atom stereocenters. The summed E-state index contributed by atoms with van der Waals surface area (Å²) in [6.07, 6.45) is -0.125. The Morgan fingerprint density at radius 1 is 1.53 bits per heavy atom. The van der Waals surface area contributed by atoms with Crippen molar-refractivity contribution in [2.45, 2.75) is 26.4 Å². The van der Waals surface area contributed by atoms with Gasteiger partial charge in [-0.15, -0.1) is 0 Å². The number of aliphatic hydroxyl groups is 1. The first-order valence-electron chi connectivity index (χ1n) is 5.08. The summed E-state index contributed by atoms with van der Waals surface area (Å²) in [4.78, 5) is 11.4. The fourth-order valence-corrected chi connectivity index (χ4v) is 1.33. The van der Waals surface area contributed by atoms with Gasteiger partial charge >= 0.3 is 0 Å². The molecule has 0 bridgehead atoms. The third-order valence-electron chi connectivity index (χ3n) is 2.04. The van der Waals surface area contributed by atoms with Crippen LogP contribution in [0.5, 0.6) is 0 Å². The maximum absolute atomic E-state index is 11.4. The lowest BCUT2D eigenvalue weighted by Gasteiger charge is -2.07. The van der Waals surface area contributed by atoms with Crippen LogP contribution < -0.4 is 5.32 Å². The van der Waals surface area contributed by atoms with Gasteiger partial charge in [0.25, 0.3) is 0 Å². The minimum Gasteiger partial charge on any atom is -0.392 e. The summed E-state index contributed by atoms with van der Waals surface area (Å²) in [7, 11) is 0. The van der Waals surface area contributed by atoms with E-state index in [2.05, 4.69) is 5.32 Å². The Kier molecular flexibility index (Phi) is 4.31. The number of aliphatic hydroxyl groups excluding tert-OH is 1. The fourth-order valence-electron chi connectivity index (χ4n) is 1.33. The van der Waals surface area contributed by atoms with Crippen LogP contribution in [0.1, 0.15) is 18.1 Å². The maximum atomic E-state index is 11.4. The minimum absolute atomic E-state index is 0.0542. The molecule has 15 heavy (non-hydrogen) atoms. The Morgan fingerprint density at radius 2 is 2.27 bits per heavy atom. The largest absolute Gasteiger partial charge is 0.392 e. The number of carbonyl (C=O) groups is 1. The van der Waals surface area contributed by atoms with E-state index in [1.165, 1.54) is 0 Å². The topological polar surface area (TPSA) is 49.3 Å². The lowest BCUT2D eigenvalue weighted by Crippen LogP contribution is -2.31. The molecule has 3 heteroatoms. The number of carbonyl (C=O) groups excluding carboxylic acids is 1. The maximum Gasteiger partial charge on any atom is 0.224 e. The molecule has 1 amide bonds. The van der Waals surface area contributed by atoms with Crippen molar-refractivity contribution in [1.29, 1.82) is 0 Å². The van der Waals surface area contributed by atoms with E-state index in [-0.39, 0.29) is 5.91 Å². The Labute approximate surface area is 90.1 Å². The lowest BCUT2D eigenvalue weighted by atomic mass is 10.1. The molecule has 1 rings (SSSR count). The molecule has 0 aliphatic carbocycles. The molecule has 0 aliphatic heterocycles. The number of hydrogen-bond donors (Lipinski definition) is 2. The summed E-state index contributed by atoms with van der Waals surface area (Å²) in [5.74, 6) is -0.0542. The first-order chi connectivity index (χ1) is 7.08. The molecule has 1 aromatic rings. The normalized spacial score (nSPS) is 12.2. The smallest absolute Gasteiger partial charge is 0.224 e. The zero-order valence-corrected chi connectivity index (χ0v) is 9.16. The van der Waals surface area contributed by atoms with Gasteiger partial charge < -0.3 is 10.4 Å². The fraction of sp³-hybridized carbons (Fsp3) is 0.417. The number of rotatable bonds is 4. The molecule has 3 nitrogen and oxygen atoms in total. The van der Waals surface area contributed by atoms with Gasteiger partial charge in [-0.05, 0) is 19.4 Å². The summed E-state index contributed by atoms with van der Waals surface area (Å²) in [6.45, 7) is 3.95. The average molecular weight is 207 g/mol. The van der Waals surface area contributed by atoms with E-state index in [1.54, 1.807) is 6.92 Å². The van der Waals surface area contributed by atoms with Gasteiger partial charge in [0, 0.05) is 6.54 Å². The van der Waals surface area contributed by atoms with E-state index in [0.29, 0.717) is 13.0 Å². The van der Waals surface area contributed by atoms with Gasteiger partial charge in [-0.1, -0.05) is 29.8 Å². The van der Waals surface area contributed by atoms with Crippen molar-refractivity contribution in [3.63, 3.8) is 0 Å². The van der Waals surface area contributed by atoms with Crippen molar-refractivity contribution in [2.75, 3.05) is 6.54 Å². The van der Waals surface area contributed by atoms with Gasteiger partial charge in [0.15, 0.2) is 0 Å². The second-order valence-corrected chi connectivity index (χ2v) is 3.82. The zero-order valence-electron chi connectivity index (χ0n) is 9.16. The number of nitrogens with one attached hydrogen (secondary N) is 1. The van der Waals surface area contributed by atoms with E-state index >= 15 is 0 Å². The highest BCUT2D eigenvalue weighted by molar-refractivity contribution is 5.78. The summed E-state index contributed by atoms with van der Waals surface area (Å²) in [5.41, 5.74) is 2.15. The van der Waals surface area contributed by atoms with Crippen LogP contribution in [-0.4, -0.2) is 23.7 Å². The highest BCUT2D eigenvalue weighted by Gasteiger charge is 2.04. The van der Waals surface area contributed by atoms with Gasteiger partial charge in [-0.25, -0.2) is 0 Å². The molecule has 0 unspecified atom stereocenters. The van der Waals surface area contributed by atoms with E-state index in [9.17, 15) is 4.79 Å². The van der Waals surface area contributed by atoms with Crippen LogP contribution >= 0.6 is 0 Å². The Hall–Kier alpha value is -1.35. The lowest BCUT2D eigenvalue weighted by molar-refractivity contribution is -0.120. The van der Waals surface area contributed by atoms with Crippen molar-refractivity contribution < 1.29 is 9.90 Å². The van der Waals surface area contributed by atoms with Crippen molar-refractivity contribution in [1.82, 2.24) is 5.32 Å².